The molecule has 0 spiro atoms. The van der Waals surface area contributed by atoms with Crippen molar-refractivity contribution >= 4 is 22.6 Å². The summed E-state index contributed by atoms with van der Waals surface area (Å²) in [6.07, 6.45) is 0. The third-order valence-corrected chi connectivity index (χ3v) is 3.31. The van der Waals surface area contributed by atoms with Gasteiger partial charge in [0.25, 0.3) is 0 Å². The molecule has 0 radical (unpaired) electrons. The van der Waals surface area contributed by atoms with Crippen molar-refractivity contribution in [1.29, 1.82) is 0 Å². The van der Waals surface area contributed by atoms with Gasteiger partial charge >= 0.3 is 0 Å². The summed E-state index contributed by atoms with van der Waals surface area (Å²) in [5, 5.41) is 4.90. The lowest BCUT2D eigenvalue weighted by molar-refractivity contribution is 0.631. The van der Waals surface area contributed by atoms with Crippen molar-refractivity contribution < 1.29 is 4.42 Å². The predicted molar refractivity (Wildman–Crippen MR) is 79.4 cm³/mol. The molecule has 2 nitrogen and oxygen atoms in total. The van der Waals surface area contributed by atoms with E-state index in [0.29, 0.717) is 0 Å². The quantitative estimate of drug-likeness (QED) is 0.760. The van der Waals surface area contributed by atoms with Crippen molar-refractivity contribution in [2.75, 3.05) is 7.05 Å². The number of furan rings is 1. The van der Waals surface area contributed by atoms with Crippen molar-refractivity contribution in [3.8, 4) is 11.3 Å². The van der Waals surface area contributed by atoms with Gasteiger partial charge in [0.1, 0.15) is 11.3 Å². The molecule has 0 atom stereocenters. The summed E-state index contributed by atoms with van der Waals surface area (Å²) in [5.74, 6) is 0.871. The number of hydrogen-bond donors (Lipinski definition) is 1. The van der Waals surface area contributed by atoms with Crippen LogP contribution < -0.4 is 5.32 Å². The highest BCUT2D eigenvalue weighted by atomic mass is 35.5. The normalized spacial score (nSPS) is 11.1. The predicted octanol–water partition coefficient (Wildman–Crippen LogP) is 4.47. The lowest BCUT2D eigenvalue weighted by Crippen LogP contribution is -2.04. The maximum absolute atomic E-state index is 5.99. The second kappa shape index (κ2) is 5.08. The Hall–Kier alpha value is -1.77. The summed E-state index contributed by atoms with van der Waals surface area (Å²) in [4.78, 5) is 0. The van der Waals surface area contributed by atoms with Crippen LogP contribution in [0.3, 0.4) is 0 Å². The molecule has 1 aromatic heterocycles. The summed E-state index contributed by atoms with van der Waals surface area (Å²) in [6.45, 7) is 0.847. The Kier molecular flexibility index (Phi) is 3.28. The van der Waals surface area contributed by atoms with E-state index < -0.39 is 0 Å². The number of rotatable bonds is 3. The van der Waals surface area contributed by atoms with Gasteiger partial charge in [0.2, 0.25) is 0 Å². The van der Waals surface area contributed by atoms with E-state index in [1.165, 1.54) is 5.56 Å². The van der Waals surface area contributed by atoms with E-state index in [0.717, 1.165) is 33.9 Å². The lowest BCUT2D eigenvalue weighted by atomic mass is 10.1. The first kappa shape index (κ1) is 12.3. The first-order chi connectivity index (χ1) is 9.26. The monoisotopic (exact) mass is 271 g/mol. The molecule has 2 aromatic carbocycles. The average Bonchev–Trinajstić information content (AvgIpc) is 2.82. The minimum atomic E-state index is 0.726. The van der Waals surface area contributed by atoms with Crippen molar-refractivity contribution in [1.82, 2.24) is 5.32 Å². The smallest absolute Gasteiger partial charge is 0.135 e. The number of halogens is 1. The zero-order valence-corrected chi connectivity index (χ0v) is 11.4. The molecule has 1 N–H and O–H groups in total. The van der Waals surface area contributed by atoms with E-state index in [-0.39, 0.29) is 0 Å². The van der Waals surface area contributed by atoms with Crippen molar-refractivity contribution in [2.45, 2.75) is 6.54 Å². The van der Waals surface area contributed by atoms with Crippen molar-refractivity contribution in [2.24, 2.45) is 0 Å². The Labute approximate surface area is 117 Å². The fourth-order valence-electron chi connectivity index (χ4n) is 2.20. The van der Waals surface area contributed by atoms with Gasteiger partial charge in [-0.3, -0.25) is 0 Å². The minimum Gasteiger partial charge on any atom is -0.456 e. The summed E-state index contributed by atoms with van der Waals surface area (Å²) < 4.78 is 5.86. The van der Waals surface area contributed by atoms with Crippen molar-refractivity contribution in [3.63, 3.8) is 0 Å². The number of fused-ring (bicyclic) bond motifs is 1. The Morgan fingerprint density at radius 2 is 2.00 bits per heavy atom. The maximum Gasteiger partial charge on any atom is 0.135 e. The van der Waals surface area contributed by atoms with Gasteiger partial charge in [-0.25, -0.2) is 0 Å². The topological polar surface area (TPSA) is 25.2 Å². The molecule has 96 valence electrons. The van der Waals surface area contributed by atoms with Crippen LogP contribution in [-0.2, 0) is 6.54 Å². The second-order valence-electron chi connectivity index (χ2n) is 4.52. The van der Waals surface area contributed by atoms with Gasteiger partial charge in [0, 0.05) is 22.5 Å². The first-order valence-corrected chi connectivity index (χ1v) is 6.57. The molecule has 0 aliphatic carbocycles. The fraction of sp³-hybridized carbons (Fsp3) is 0.125. The lowest BCUT2D eigenvalue weighted by Gasteiger charge is -2.02. The molecule has 0 amide bonds. The van der Waals surface area contributed by atoms with Gasteiger partial charge < -0.3 is 9.73 Å². The molecule has 0 aliphatic rings. The number of benzene rings is 2. The van der Waals surface area contributed by atoms with E-state index in [9.17, 15) is 0 Å². The maximum atomic E-state index is 5.99. The first-order valence-electron chi connectivity index (χ1n) is 6.19. The Morgan fingerprint density at radius 1 is 1.11 bits per heavy atom. The molecule has 19 heavy (non-hydrogen) atoms. The summed E-state index contributed by atoms with van der Waals surface area (Å²) in [6, 6.07) is 16.0. The van der Waals surface area contributed by atoms with Gasteiger partial charge in [-0.15, -0.1) is 0 Å². The van der Waals surface area contributed by atoms with Gasteiger partial charge in [0.15, 0.2) is 0 Å². The van der Waals surface area contributed by atoms with Crippen LogP contribution in [0.15, 0.2) is 52.9 Å². The molecule has 1 heterocycles. The van der Waals surface area contributed by atoms with Crippen LogP contribution in [0.5, 0.6) is 0 Å². The molecule has 0 saturated carbocycles. The third kappa shape index (κ3) is 2.50. The SMILES string of the molecule is CNCc1cccc(-c2cc3cc(Cl)ccc3o2)c1. The van der Waals surface area contributed by atoms with E-state index in [4.69, 9.17) is 16.0 Å². The summed E-state index contributed by atoms with van der Waals surface area (Å²) in [7, 11) is 1.94. The Morgan fingerprint density at radius 3 is 2.84 bits per heavy atom. The average molecular weight is 272 g/mol. The van der Waals surface area contributed by atoms with Crippen molar-refractivity contribution in [3.05, 3.63) is 59.1 Å². The van der Waals surface area contributed by atoms with E-state index in [1.54, 1.807) is 0 Å². The zero-order valence-electron chi connectivity index (χ0n) is 10.6. The molecule has 3 rings (SSSR count). The molecule has 0 fully saturated rings. The number of nitrogens with one attached hydrogen (secondary N) is 1. The summed E-state index contributed by atoms with van der Waals surface area (Å²) >= 11 is 5.99. The standard InChI is InChI=1S/C16H14ClNO/c1-18-10-11-3-2-4-12(7-11)16-9-13-8-14(17)5-6-15(13)19-16/h2-9,18H,10H2,1H3. The zero-order chi connectivity index (χ0) is 13.2. The van der Waals surface area contributed by atoms with Gasteiger partial charge in [-0.2, -0.15) is 0 Å². The van der Waals surface area contributed by atoms with Crippen LogP contribution in [0.2, 0.25) is 5.02 Å². The molecule has 0 aliphatic heterocycles. The van der Waals surface area contributed by atoms with Crippen LogP contribution in [0.1, 0.15) is 5.56 Å². The van der Waals surface area contributed by atoms with Crippen LogP contribution in [0, 0.1) is 0 Å². The third-order valence-electron chi connectivity index (χ3n) is 3.07. The highest BCUT2D eigenvalue weighted by Crippen LogP contribution is 2.29. The Balaban J connectivity index is 2.05. The summed E-state index contributed by atoms with van der Waals surface area (Å²) in [5.41, 5.74) is 3.18. The molecule has 0 unspecified atom stereocenters. The van der Waals surface area contributed by atoms with Crippen LogP contribution >= 0.6 is 11.6 Å². The van der Waals surface area contributed by atoms with E-state index in [2.05, 4.69) is 23.5 Å². The van der Waals surface area contributed by atoms with Gasteiger partial charge in [-0.1, -0.05) is 29.8 Å². The van der Waals surface area contributed by atoms with E-state index in [1.807, 2.05) is 37.4 Å². The van der Waals surface area contributed by atoms with Gasteiger partial charge in [0.05, 0.1) is 0 Å². The minimum absolute atomic E-state index is 0.726. The largest absolute Gasteiger partial charge is 0.456 e. The molecular formula is C16H14ClNO. The molecule has 3 heteroatoms. The Bertz CT molecular complexity index is 718. The highest BCUT2D eigenvalue weighted by molar-refractivity contribution is 6.31. The molecule has 0 saturated heterocycles. The molecule has 3 aromatic rings. The van der Waals surface area contributed by atoms with E-state index >= 15 is 0 Å². The van der Waals surface area contributed by atoms with Gasteiger partial charge in [-0.05, 0) is 42.9 Å². The van der Waals surface area contributed by atoms with Crippen LogP contribution in [-0.4, -0.2) is 7.05 Å². The molecule has 0 bridgehead atoms. The highest BCUT2D eigenvalue weighted by Gasteiger charge is 2.07. The van der Waals surface area contributed by atoms with Crippen LogP contribution in [0.4, 0.5) is 0 Å². The fourth-order valence-corrected chi connectivity index (χ4v) is 2.38. The molecular weight excluding hydrogens is 258 g/mol. The van der Waals surface area contributed by atoms with Crippen LogP contribution in [0.25, 0.3) is 22.3 Å². The number of hydrogen-bond acceptors (Lipinski definition) is 2. The second-order valence-corrected chi connectivity index (χ2v) is 4.96.